The Morgan fingerprint density at radius 1 is 1.20 bits per heavy atom. The van der Waals surface area contributed by atoms with E-state index in [1.165, 1.54) is 0 Å². The van der Waals surface area contributed by atoms with Gasteiger partial charge in [-0.2, -0.15) is 0 Å². The monoisotopic (exact) mass is 283 g/mol. The molecule has 1 aliphatic heterocycles. The summed E-state index contributed by atoms with van der Waals surface area (Å²) in [6.07, 6.45) is 6.27. The van der Waals surface area contributed by atoms with Crippen molar-refractivity contribution in [2.75, 3.05) is 26.4 Å². The lowest BCUT2D eigenvalue weighted by Gasteiger charge is -2.32. The molecular weight excluding hydrogens is 258 g/mol. The van der Waals surface area contributed by atoms with Crippen molar-refractivity contribution < 1.29 is 19.4 Å². The molecule has 3 aliphatic rings. The van der Waals surface area contributed by atoms with E-state index in [0.29, 0.717) is 25.2 Å². The summed E-state index contributed by atoms with van der Waals surface area (Å²) in [5.74, 6) is 0.0320. The maximum absolute atomic E-state index is 11.8. The number of rotatable bonds is 8. The molecule has 1 unspecified atom stereocenters. The maximum Gasteiger partial charge on any atom is 0.326 e. The summed E-state index contributed by atoms with van der Waals surface area (Å²) in [4.78, 5) is 11.8. The second kappa shape index (κ2) is 6.00. The van der Waals surface area contributed by atoms with Crippen molar-refractivity contribution in [2.24, 2.45) is 11.8 Å². The highest BCUT2D eigenvalue weighted by atomic mass is 16.5. The average Bonchev–Trinajstić information content (AvgIpc) is 3.31. The zero-order chi connectivity index (χ0) is 14.0. The Hall–Kier alpha value is -0.650. The van der Waals surface area contributed by atoms with Gasteiger partial charge in [-0.05, 0) is 50.4 Å². The van der Waals surface area contributed by atoms with Gasteiger partial charge in [-0.15, -0.1) is 0 Å². The summed E-state index contributed by atoms with van der Waals surface area (Å²) >= 11 is 0. The van der Waals surface area contributed by atoms with Crippen LogP contribution in [0, 0.1) is 11.8 Å². The maximum atomic E-state index is 11.8. The summed E-state index contributed by atoms with van der Waals surface area (Å²) in [5.41, 5.74) is -0.841. The summed E-state index contributed by atoms with van der Waals surface area (Å²) < 4.78 is 11.2. The highest BCUT2D eigenvalue weighted by Crippen LogP contribution is 2.42. The van der Waals surface area contributed by atoms with Crippen LogP contribution in [0.1, 0.15) is 38.5 Å². The smallest absolute Gasteiger partial charge is 0.326 e. The Labute approximate surface area is 120 Å². The molecule has 0 aromatic rings. The number of hydrogen-bond donors (Lipinski definition) is 2. The number of ether oxygens (including phenoxy) is 2. The summed E-state index contributed by atoms with van der Waals surface area (Å²) in [6, 6.07) is 0.387. The van der Waals surface area contributed by atoms with E-state index in [1.807, 2.05) is 0 Å². The summed E-state index contributed by atoms with van der Waals surface area (Å²) in [5, 5.41) is 13.0. The molecule has 3 fully saturated rings. The van der Waals surface area contributed by atoms with Crippen LogP contribution in [-0.4, -0.2) is 49.1 Å². The number of hydrogen-bond acceptors (Lipinski definition) is 4. The van der Waals surface area contributed by atoms with Crippen LogP contribution >= 0.6 is 0 Å². The van der Waals surface area contributed by atoms with Crippen molar-refractivity contribution in [1.29, 1.82) is 0 Å². The van der Waals surface area contributed by atoms with Gasteiger partial charge in [0.1, 0.15) is 5.54 Å². The van der Waals surface area contributed by atoms with Crippen molar-refractivity contribution in [3.05, 3.63) is 0 Å². The van der Waals surface area contributed by atoms with Crippen molar-refractivity contribution in [2.45, 2.75) is 50.1 Å². The van der Waals surface area contributed by atoms with Gasteiger partial charge in [0.2, 0.25) is 0 Å². The molecule has 0 aromatic carbocycles. The number of nitrogens with one attached hydrogen (secondary N) is 1. The Balaban J connectivity index is 1.53. The van der Waals surface area contributed by atoms with E-state index in [4.69, 9.17) is 9.47 Å². The van der Waals surface area contributed by atoms with Crippen LogP contribution in [0.15, 0.2) is 0 Å². The molecule has 1 atom stereocenters. The largest absolute Gasteiger partial charge is 0.480 e. The number of carboxylic acid groups (broad SMARTS) is 1. The van der Waals surface area contributed by atoms with Gasteiger partial charge in [0.05, 0.1) is 6.61 Å². The van der Waals surface area contributed by atoms with Crippen molar-refractivity contribution in [1.82, 2.24) is 5.32 Å². The van der Waals surface area contributed by atoms with E-state index in [2.05, 4.69) is 5.32 Å². The molecule has 0 aromatic heterocycles. The first-order chi connectivity index (χ1) is 9.71. The highest BCUT2D eigenvalue weighted by molar-refractivity contribution is 5.80. The van der Waals surface area contributed by atoms with Gasteiger partial charge in [0, 0.05) is 25.9 Å². The second-order valence-corrected chi connectivity index (χ2v) is 6.54. The van der Waals surface area contributed by atoms with Gasteiger partial charge in [-0.1, -0.05) is 0 Å². The highest BCUT2D eigenvalue weighted by Gasteiger charge is 2.53. The second-order valence-electron chi connectivity index (χ2n) is 6.54. The fourth-order valence-corrected chi connectivity index (χ4v) is 3.04. The summed E-state index contributed by atoms with van der Waals surface area (Å²) in [6.45, 7) is 2.58. The van der Waals surface area contributed by atoms with Crippen LogP contribution in [-0.2, 0) is 14.3 Å². The third-order valence-corrected chi connectivity index (χ3v) is 4.72. The Morgan fingerprint density at radius 2 is 1.90 bits per heavy atom. The fourth-order valence-electron chi connectivity index (χ4n) is 3.04. The molecule has 2 N–H and O–H groups in total. The molecule has 20 heavy (non-hydrogen) atoms. The van der Waals surface area contributed by atoms with Gasteiger partial charge in [-0.25, -0.2) is 0 Å². The number of aliphatic carboxylic acids is 1. The first-order valence-electron chi connectivity index (χ1n) is 7.87. The lowest BCUT2D eigenvalue weighted by molar-refractivity contribution is -0.150. The molecule has 2 saturated carbocycles. The molecule has 3 rings (SSSR count). The third kappa shape index (κ3) is 3.32. The first kappa shape index (κ1) is 14.3. The van der Waals surface area contributed by atoms with Crippen molar-refractivity contribution in [3.63, 3.8) is 0 Å². The van der Waals surface area contributed by atoms with Gasteiger partial charge >= 0.3 is 5.97 Å². The van der Waals surface area contributed by atoms with E-state index >= 15 is 0 Å². The van der Waals surface area contributed by atoms with Crippen molar-refractivity contribution >= 4 is 5.97 Å². The minimum absolute atomic E-state index is 0.246. The van der Waals surface area contributed by atoms with Crippen LogP contribution in [0.4, 0.5) is 0 Å². The molecule has 0 bridgehead atoms. The van der Waals surface area contributed by atoms with E-state index in [1.54, 1.807) is 0 Å². The van der Waals surface area contributed by atoms with Crippen molar-refractivity contribution in [3.8, 4) is 0 Å². The molecule has 114 valence electrons. The minimum Gasteiger partial charge on any atom is -0.480 e. The van der Waals surface area contributed by atoms with Gasteiger partial charge in [0.25, 0.3) is 0 Å². The topological polar surface area (TPSA) is 67.8 Å². The van der Waals surface area contributed by atoms with E-state index < -0.39 is 11.5 Å². The zero-order valence-corrected chi connectivity index (χ0v) is 12.0. The lowest BCUT2D eigenvalue weighted by Crippen LogP contribution is -2.58. The number of carboxylic acids is 1. The summed E-state index contributed by atoms with van der Waals surface area (Å²) in [7, 11) is 0. The van der Waals surface area contributed by atoms with Gasteiger partial charge < -0.3 is 14.6 Å². The third-order valence-electron chi connectivity index (χ3n) is 4.72. The van der Waals surface area contributed by atoms with Crippen LogP contribution in [0.2, 0.25) is 0 Å². The first-order valence-corrected chi connectivity index (χ1v) is 7.87. The molecular formula is C15H25NO4. The molecule has 0 radical (unpaired) electrons. The van der Waals surface area contributed by atoms with Crippen LogP contribution < -0.4 is 5.32 Å². The molecule has 5 heteroatoms. The van der Waals surface area contributed by atoms with Crippen LogP contribution in [0.3, 0.4) is 0 Å². The molecule has 1 heterocycles. The molecule has 1 saturated heterocycles. The van der Waals surface area contributed by atoms with E-state index in [9.17, 15) is 9.90 Å². The Morgan fingerprint density at radius 3 is 2.45 bits per heavy atom. The van der Waals surface area contributed by atoms with Crippen LogP contribution in [0.5, 0.6) is 0 Å². The van der Waals surface area contributed by atoms with Gasteiger partial charge in [0.15, 0.2) is 0 Å². The van der Waals surface area contributed by atoms with E-state index in [-0.39, 0.29) is 5.92 Å². The molecule has 5 nitrogen and oxygen atoms in total. The quantitative estimate of drug-likeness (QED) is 0.705. The van der Waals surface area contributed by atoms with E-state index in [0.717, 1.165) is 51.7 Å². The fraction of sp³-hybridized carbons (Fsp3) is 0.933. The standard InChI is InChI=1S/C15H25NO4/c17-14(18)15(12-1-2-12,16-13-3-4-13)10-20-9-11-5-7-19-8-6-11/h11-13,16H,1-10H2,(H,17,18). The zero-order valence-electron chi connectivity index (χ0n) is 12.0. The number of carbonyl (C=O) groups is 1. The normalized spacial score (nSPS) is 27.2. The molecule has 0 amide bonds. The molecule has 2 aliphatic carbocycles. The molecule has 0 spiro atoms. The minimum atomic E-state index is -0.841. The van der Waals surface area contributed by atoms with Crippen LogP contribution in [0.25, 0.3) is 0 Å². The predicted molar refractivity (Wildman–Crippen MR) is 73.6 cm³/mol. The van der Waals surface area contributed by atoms with Gasteiger partial charge in [-0.3, -0.25) is 10.1 Å². The average molecular weight is 283 g/mol. The predicted octanol–water partition coefficient (Wildman–Crippen LogP) is 1.41. The Bertz CT molecular complexity index is 348. The Kier molecular flexibility index (Phi) is 4.29. The lowest BCUT2D eigenvalue weighted by atomic mass is 9.93. The SMILES string of the molecule is O=C(O)C(COCC1CCOCC1)(NC1CC1)C1CC1.